The minimum absolute atomic E-state index is 0. The SMILES string of the molecule is COc1ncc(OC)c2c(C(=O)C(=O)N3CCN(C(=O)c4ccccc4)CC3)c[nH]c12.COc1ncc(OC)c2c(C(=O)C(=O)[O-])c[nH]c12.O=C(c1ccccc1)N1CCNCC1.[K+]. The zero-order valence-corrected chi connectivity index (χ0v) is 39.1. The monoisotopic (exact) mass is 900 g/mol. The normalized spacial score (nSPS) is 13.3. The van der Waals surface area contributed by atoms with E-state index in [9.17, 15) is 33.9 Å². The number of hydrogen-bond acceptors (Lipinski definition) is 14. The van der Waals surface area contributed by atoms with Gasteiger partial charge in [0.1, 0.15) is 28.5 Å². The van der Waals surface area contributed by atoms with E-state index in [4.69, 9.17) is 18.9 Å². The minimum Gasteiger partial charge on any atom is -0.541 e. The molecule has 0 radical (unpaired) electrons. The van der Waals surface area contributed by atoms with E-state index in [1.165, 1.54) is 58.1 Å². The number of hydrogen-bond donors (Lipinski definition) is 3. The van der Waals surface area contributed by atoms with Crippen molar-refractivity contribution in [2.24, 2.45) is 0 Å². The fourth-order valence-electron chi connectivity index (χ4n) is 7.04. The molecule has 2 fully saturated rings. The van der Waals surface area contributed by atoms with Crippen molar-refractivity contribution in [2.45, 2.75) is 0 Å². The number of amides is 3. The number of carbonyl (C=O) groups is 6. The Balaban J connectivity index is 0.000000198. The molecule has 20 heteroatoms. The summed E-state index contributed by atoms with van der Waals surface area (Å²) in [6, 6.07) is 18.4. The molecule has 2 aromatic carbocycles. The van der Waals surface area contributed by atoms with Crippen LogP contribution in [0.5, 0.6) is 23.3 Å². The maximum absolute atomic E-state index is 13.0. The Hall–Kier alpha value is -6.16. The van der Waals surface area contributed by atoms with Gasteiger partial charge in [0.25, 0.3) is 23.5 Å². The second-order valence-electron chi connectivity index (χ2n) is 13.9. The van der Waals surface area contributed by atoms with Crippen LogP contribution >= 0.6 is 0 Å². The number of nitrogens with zero attached hydrogens (tertiary/aromatic N) is 5. The van der Waals surface area contributed by atoms with Crippen molar-refractivity contribution in [3.63, 3.8) is 0 Å². The first-order chi connectivity index (χ1) is 30.5. The van der Waals surface area contributed by atoms with Crippen molar-refractivity contribution in [1.82, 2.24) is 40.0 Å². The fraction of sp³-hybridized carbons (Fsp3) is 0.273. The standard InChI is InChI=1S/C22H22N4O5.C11H10N2O5.C11H14N2O.K/c1-30-16-13-24-20(31-2)18-17(16)15(12-23-18)19(27)22(29)26-10-8-25(9-11-26)21(28)14-6-4-3-5-7-14;1-17-6-4-13-10(18-2)8-7(6)5(3-12-8)9(14)11(15)16;14-11(10-4-2-1-3-5-10)13-8-6-12-7-9-13;/h3-7,12-13,23H,8-11H2,1-2H3;3-4,12H,1-2H3,(H,15,16);1-5,12H,6-9H2;/q;;;+1/p-1. The molecule has 19 nitrogen and oxygen atoms in total. The molecule has 64 heavy (non-hydrogen) atoms. The Morgan fingerprint density at radius 3 is 1.38 bits per heavy atom. The van der Waals surface area contributed by atoms with E-state index in [-0.39, 0.29) is 99.0 Å². The molecule has 0 atom stereocenters. The largest absolute Gasteiger partial charge is 1.00 e. The van der Waals surface area contributed by atoms with Gasteiger partial charge in [-0.3, -0.25) is 24.0 Å². The Bertz CT molecular complexity index is 2610. The number of carbonyl (C=O) groups excluding carboxylic acids is 6. The number of aromatic amines is 2. The van der Waals surface area contributed by atoms with Crippen LogP contribution in [0, 0.1) is 0 Å². The molecular weight excluding hydrogens is 856 g/mol. The first kappa shape index (κ1) is 48.9. The Morgan fingerprint density at radius 1 is 0.562 bits per heavy atom. The Kier molecular flexibility index (Phi) is 17.5. The number of Topliss-reactive ketones (excluding diaryl/α,β-unsaturated/α-hetero) is 2. The number of aliphatic carboxylic acids is 1. The molecule has 3 amide bonds. The molecule has 2 aliphatic heterocycles. The summed E-state index contributed by atoms with van der Waals surface area (Å²) in [5.41, 5.74) is 2.40. The van der Waals surface area contributed by atoms with E-state index in [2.05, 4.69) is 25.3 Å². The van der Waals surface area contributed by atoms with Gasteiger partial charge in [-0.25, -0.2) is 9.97 Å². The van der Waals surface area contributed by atoms with E-state index in [1.54, 1.807) is 17.0 Å². The third-order valence-corrected chi connectivity index (χ3v) is 10.3. The molecule has 4 aromatic heterocycles. The number of carboxylic acid groups (broad SMARTS) is 1. The maximum atomic E-state index is 13.0. The van der Waals surface area contributed by atoms with Crippen LogP contribution in [0.3, 0.4) is 0 Å². The van der Waals surface area contributed by atoms with Crippen molar-refractivity contribution < 1.29 is 104 Å². The average Bonchev–Trinajstić information content (AvgIpc) is 4.00. The first-order valence-electron chi connectivity index (χ1n) is 19.7. The molecule has 0 aliphatic carbocycles. The summed E-state index contributed by atoms with van der Waals surface area (Å²) in [6.07, 6.45) is 5.52. The minimum atomic E-state index is -1.78. The van der Waals surface area contributed by atoms with E-state index in [1.807, 2.05) is 53.4 Å². The Morgan fingerprint density at radius 2 is 0.969 bits per heavy atom. The van der Waals surface area contributed by atoms with Crippen molar-refractivity contribution >= 4 is 57.1 Å². The topological polar surface area (TPSA) is 242 Å². The summed E-state index contributed by atoms with van der Waals surface area (Å²) in [5.74, 6) is -2.94. The van der Waals surface area contributed by atoms with Crippen LogP contribution in [0.25, 0.3) is 21.8 Å². The molecule has 6 aromatic rings. The van der Waals surface area contributed by atoms with Crippen molar-refractivity contribution in [2.75, 3.05) is 80.8 Å². The van der Waals surface area contributed by atoms with Crippen molar-refractivity contribution in [3.8, 4) is 23.3 Å². The number of piperazine rings is 2. The molecule has 3 N–H and O–H groups in total. The first-order valence-corrected chi connectivity index (χ1v) is 19.7. The van der Waals surface area contributed by atoms with Crippen LogP contribution in [0.2, 0.25) is 0 Å². The number of benzene rings is 2. The number of ketones is 2. The van der Waals surface area contributed by atoms with Gasteiger partial charge in [0.05, 0.1) is 62.7 Å². The summed E-state index contributed by atoms with van der Waals surface area (Å²) in [5, 5.41) is 14.6. The van der Waals surface area contributed by atoms with Gasteiger partial charge in [-0.05, 0) is 24.3 Å². The van der Waals surface area contributed by atoms with Gasteiger partial charge in [-0.1, -0.05) is 36.4 Å². The van der Waals surface area contributed by atoms with Crippen molar-refractivity contribution in [3.05, 3.63) is 108 Å². The number of fused-ring (bicyclic) bond motifs is 2. The smallest absolute Gasteiger partial charge is 0.541 e. The number of pyridine rings is 2. The van der Waals surface area contributed by atoms with Crippen LogP contribution in [0.1, 0.15) is 41.4 Å². The molecule has 0 saturated carbocycles. The molecule has 328 valence electrons. The number of ether oxygens (including phenoxy) is 4. The molecular formula is C44H45KN8O11. The molecule has 2 saturated heterocycles. The zero-order chi connectivity index (χ0) is 45.0. The second-order valence-corrected chi connectivity index (χ2v) is 13.9. The summed E-state index contributed by atoms with van der Waals surface area (Å²) >= 11 is 0. The van der Waals surface area contributed by atoms with Gasteiger partial charge in [-0.2, -0.15) is 0 Å². The number of aromatic nitrogens is 4. The number of H-pyrrole nitrogens is 2. The third-order valence-electron chi connectivity index (χ3n) is 10.3. The summed E-state index contributed by atoms with van der Waals surface area (Å²) in [4.78, 5) is 91.4. The van der Waals surface area contributed by atoms with Crippen LogP contribution in [-0.2, 0) is 9.59 Å². The zero-order valence-electron chi connectivity index (χ0n) is 36.0. The van der Waals surface area contributed by atoms with Crippen LogP contribution < -0.4 is 80.8 Å². The van der Waals surface area contributed by atoms with Gasteiger partial charge < -0.3 is 58.8 Å². The van der Waals surface area contributed by atoms with E-state index in [0.717, 1.165) is 31.7 Å². The predicted molar refractivity (Wildman–Crippen MR) is 226 cm³/mol. The summed E-state index contributed by atoms with van der Waals surface area (Å²) < 4.78 is 20.6. The van der Waals surface area contributed by atoms with Crippen LogP contribution in [0.4, 0.5) is 0 Å². The van der Waals surface area contributed by atoms with E-state index in [0.29, 0.717) is 52.1 Å². The number of methoxy groups -OCH3 is 4. The number of rotatable bonds is 10. The fourth-order valence-corrected chi connectivity index (χ4v) is 7.04. The molecule has 0 unspecified atom stereocenters. The van der Waals surface area contributed by atoms with Gasteiger partial charge >= 0.3 is 51.4 Å². The van der Waals surface area contributed by atoms with E-state index < -0.39 is 23.4 Å². The molecule has 2 aliphatic rings. The van der Waals surface area contributed by atoms with E-state index >= 15 is 0 Å². The number of nitrogens with one attached hydrogen (secondary N) is 3. The summed E-state index contributed by atoms with van der Waals surface area (Å²) in [6.45, 7) is 4.73. The van der Waals surface area contributed by atoms with Crippen LogP contribution in [-0.4, -0.2) is 151 Å². The predicted octanol–water partition coefficient (Wildman–Crippen LogP) is -1.00. The van der Waals surface area contributed by atoms with Crippen molar-refractivity contribution in [1.29, 1.82) is 0 Å². The van der Waals surface area contributed by atoms with Crippen LogP contribution in [0.15, 0.2) is 85.5 Å². The number of carboxylic acids is 1. The van der Waals surface area contributed by atoms with Gasteiger partial charge in [-0.15, -0.1) is 0 Å². The summed E-state index contributed by atoms with van der Waals surface area (Å²) in [7, 11) is 5.74. The molecule has 0 spiro atoms. The third kappa shape index (κ3) is 10.9. The van der Waals surface area contributed by atoms with Gasteiger partial charge in [0, 0.05) is 75.9 Å². The van der Waals surface area contributed by atoms with Gasteiger partial charge in [0.2, 0.25) is 17.5 Å². The maximum Gasteiger partial charge on any atom is 1.00 e. The molecule has 8 rings (SSSR count). The molecule has 0 bridgehead atoms. The Labute approximate surface area is 409 Å². The van der Waals surface area contributed by atoms with Gasteiger partial charge in [0.15, 0.2) is 0 Å². The quantitative estimate of drug-likeness (QED) is 0.0849. The average molecular weight is 901 g/mol. The second kappa shape index (κ2) is 23.0. The molecule has 6 heterocycles.